The van der Waals surface area contributed by atoms with Gasteiger partial charge in [-0.15, -0.1) is 0 Å². The fourth-order valence-corrected chi connectivity index (χ4v) is 1.79. The van der Waals surface area contributed by atoms with E-state index >= 15 is 0 Å². The number of carbonyl (C=O) groups is 4. The lowest BCUT2D eigenvalue weighted by Gasteiger charge is -2.19. The van der Waals surface area contributed by atoms with Crippen molar-refractivity contribution in [2.45, 2.75) is 72.0 Å². The van der Waals surface area contributed by atoms with E-state index in [0.29, 0.717) is 19.4 Å². The lowest BCUT2D eigenvalue weighted by molar-refractivity contribution is -0.140. The molecule has 0 aliphatic heterocycles. The zero-order valence-corrected chi connectivity index (χ0v) is 18.7. The zero-order valence-electron chi connectivity index (χ0n) is 18.7. The third-order valence-electron chi connectivity index (χ3n) is 2.92. The first kappa shape index (κ1) is 27.2. The number of ether oxygens (including phenoxy) is 4. The van der Waals surface area contributed by atoms with Crippen molar-refractivity contribution in [1.82, 2.24) is 10.6 Å². The Kier molecular flexibility index (Phi) is 12.2. The molecule has 0 rings (SSSR count). The number of hydrogen-bond acceptors (Lipinski definition) is 8. The molecule has 30 heavy (non-hydrogen) atoms. The lowest BCUT2D eigenvalue weighted by Crippen LogP contribution is -2.34. The van der Waals surface area contributed by atoms with Crippen LogP contribution in [0.25, 0.3) is 0 Å². The minimum absolute atomic E-state index is 0.185. The number of amides is 2. The van der Waals surface area contributed by atoms with Gasteiger partial charge in [-0.3, -0.25) is 5.32 Å². The Morgan fingerprint density at radius 3 is 1.73 bits per heavy atom. The minimum Gasteiger partial charge on any atom is -0.463 e. The largest absolute Gasteiger partial charge is 0.463 e. The van der Waals surface area contributed by atoms with Crippen LogP contribution in [0, 0.1) is 0 Å². The van der Waals surface area contributed by atoms with E-state index in [0.717, 1.165) is 18.6 Å². The molecule has 0 heterocycles. The van der Waals surface area contributed by atoms with Crippen molar-refractivity contribution in [2.75, 3.05) is 19.9 Å². The molecule has 10 heteroatoms. The molecule has 0 unspecified atom stereocenters. The first-order valence-electron chi connectivity index (χ1n) is 9.74. The Morgan fingerprint density at radius 2 is 1.20 bits per heavy atom. The van der Waals surface area contributed by atoms with Gasteiger partial charge >= 0.3 is 24.1 Å². The number of unbranched alkanes of at least 4 members (excludes halogenated alkanes) is 2. The highest BCUT2D eigenvalue weighted by molar-refractivity contribution is 5.91. The van der Waals surface area contributed by atoms with Crippen molar-refractivity contribution in [3.63, 3.8) is 0 Å². The predicted molar refractivity (Wildman–Crippen MR) is 109 cm³/mol. The number of esters is 2. The van der Waals surface area contributed by atoms with Crippen LogP contribution in [0.3, 0.4) is 0 Å². The highest BCUT2D eigenvalue weighted by Gasteiger charge is 2.16. The molecule has 0 saturated heterocycles. The number of rotatable bonds is 10. The molecule has 172 valence electrons. The Morgan fingerprint density at radius 1 is 0.700 bits per heavy atom. The summed E-state index contributed by atoms with van der Waals surface area (Å²) in [5.41, 5.74) is -1.20. The van der Waals surface area contributed by atoms with E-state index in [1.807, 2.05) is 0 Å². The van der Waals surface area contributed by atoms with E-state index in [-0.39, 0.29) is 13.3 Å². The molecule has 0 bridgehead atoms. The maximum absolute atomic E-state index is 11.5. The molecular formula is C20H34N2O8. The third-order valence-corrected chi connectivity index (χ3v) is 2.92. The van der Waals surface area contributed by atoms with Gasteiger partial charge in [-0.05, 0) is 60.8 Å². The van der Waals surface area contributed by atoms with Gasteiger partial charge in [-0.2, -0.15) is 0 Å². The van der Waals surface area contributed by atoms with Crippen LogP contribution in [0.2, 0.25) is 0 Å². The van der Waals surface area contributed by atoms with E-state index < -0.39 is 35.3 Å². The van der Waals surface area contributed by atoms with Crippen LogP contribution < -0.4 is 10.6 Å². The molecule has 2 amide bonds. The second kappa shape index (κ2) is 13.4. The SMILES string of the molecule is CC(C)(C)OC(=O)NCCCCCOC(=O)/C=C/C(=O)OCNC(=O)OC(C)(C)C. The van der Waals surface area contributed by atoms with Crippen molar-refractivity contribution in [1.29, 1.82) is 0 Å². The fourth-order valence-electron chi connectivity index (χ4n) is 1.79. The molecule has 0 aromatic carbocycles. The van der Waals surface area contributed by atoms with Crippen LogP contribution in [0.1, 0.15) is 60.8 Å². The standard InChI is InChI=1S/C20H34N2O8/c1-19(2,3)29-17(25)21-12-8-7-9-13-27-15(23)10-11-16(24)28-14-22-18(26)30-20(4,5)6/h10-11H,7-9,12-14H2,1-6H3,(H,21,25)(H,22,26)/b11-10+. The van der Waals surface area contributed by atoms with Gasteiger partial charge in [0.2, 0.25) is 0 Å². The summed E-state index contributed by atoms with van der Waals surface area (Å²) in [5.74, 6) is -1.49. The van der Waals surface area contributed by atoms with E-state index in [2.05, 4.69) is 10.6 Å². The summed E-state index contributed by atoms with van der Waals surface area (Å²) in [7, 11) is 0. The molecule has 0 aromatic rings. The van der Waals surface area contributed by atoms with Crippen LogP contribution >= 0.6 is 0 Å². The van der Waals surface area contributed by atoms with Crippen LogP contribution in [-0.2, 0) is 28.5 Å². The topological polar surface area (TPSA) is 129 Å². The average molecular weight is 430 g/mol. The summed E-state index contributed by atoms with van der Waals surface area (Å²) < 4.78 is 19.7. The molecule has 0 spiro atoms. The maximum atomic E-state index is 11.5. The van der Waals surface area contributed by atoms with E-state index in [9.17, 15) is 19.2 Å². The summed E-state index contributed by atoms with van der Waals surface area (Å²) in [4.78, 5) is 45.8. The molecule has 0 radical (unpaired) electrons. The third kappa shape index (κ3) is 18.6. The van der Waals surface area contributed by atoms with Gasteiger partial charge in [0.05, 0.1) is 6.61 Å². The highest BCUT2D eigenvalue weighted by Crippen LogP contribution is 2.07. The molecule has 0 aliphatic rings. The molecular weight excluding hydrogens is 396 g/mol. The summed E-state index contributed by atoms with van der Waals surface area (Å²) in [6, 6.07) is 0. The van der Waals surface area contributed by atoms with Crippen molar-refractivity contribution in [3.05, 3.63) is 12.2 Å². The molecule has 2 N–H and O–H groups in total. The van der Waals surface area contributed by atoms with Gasteiger partial charge in [0.25, 0.3) is 0 Å². The first-order chi connectivity index (χ1) is 13.8. The van der Waals surface area contributed by atoms with Gasteiger partial charge < -0.3 is 24.3 Å². The first-order valence-corrected chi connectivity index (χ1v) is 9.74. The van der Waals surface area contributed by atoms with Crippen molar-refractivity contribution < 1.29 is 38.1 Å². The second-order valence-corrected chi connectivity index (χ2v) is 8.28. The van der Waals surface area contributed by atoms with E-state index in [1.54, 1.807) is 41.5 Å². The molecule has 0 saturated carbocycles. The summed E-state index contributed by atoms with van der Waals surface area (Å²) in [5, 5.41) is 4.89. The number of nitrogens with one attached hydrogen (secondary N) is 2. The van der Waals surface area contributed by atoms with Crippen molar-refractivity contribution in [3.8, 4) is 0 Å². The Hall–Kier alpha value is -2.78. The van der Waals surface area contributed by atoms with Gasteiger partial charge in [-0.25, -0.2) is 19.2 Å². The molecule has 10 nitrogen and oxygen atoms in total. The average Bonchev–Trinajstić information content (AvgIpc) is 2.56. The number of carbonyl (C=O) groups excluding carboxylic acids is 4. The maximum Gasteiger partial charge on any atom is 0.410 e. The molecule has 0 aromatic heterocycles. The summed E-state index contributed by atoms with van der Waals surface area (Å²) in [6.45, 7) is 10.7. The number of hydrogen-bond donors (Lipinski definition) is 2. The molecule has 0 fully saturated rings. The van der Waals surface area contributed by atoms with Gasteiger partial charge in [0.1, 0.15) is 11.2 Å². The lowest BCUT2D eigenvalue weighted by atomic mass is 10.2. The number of alkyl carbamates (subject to hydrolysis) is 2. The Labute approximate surface area is 177 Å². The Balaban J connectivity index is 3.76. The summed E-state index contributed by atoms with van der Waals surface area (Å²) in [6.07, 6.45) is 2.73. The fraction of sp³-hybridized carbons (Fsp3) is 0.700. The van der Waals surface area contributed by atoms with Crippen LogP contribution in [0.15, 0.2) is 12.2 Å². The van der Waals surface area contributed by atoms with Crippen molar-refractivity contribution in [2.24, 2.45) is 0 Å². The Bertz CT molecular complexity index is 603. The smallest absolute Gasteiger partial charge is 0.410 e. The van der Waals surface area contributed by atoms with Crippen LogP contribution in [0.4, 0.5) is 9.59 Å². The van der Waals surface area contributed by atoms with Crippen molar-refractivity contribution >= 4 is 24.1 Å². The van der Waals surface area contributed by atoms with Gasteiger partial charge in [-0.1, -0.05) is 0 Å². The normalized spacial score (nSPS) is 11.5. The van der Waals surface area contributed by atoms with E-state index in [1.165, 1.54) is 0 Å². The predicted octanol–water partition coefficient (Wildman–Crippen LogP) is 2.81. The highest BCUT2D eigenvalue weighted by atomic mass is 16.6. The van der Waals surface area contributed by atoms with Crippen LogP contribution in [-0.4, -0.2) is 55.2 Å². The summed E-state index contributed by atoms with van der Waals surface area (Å²) >= 11 is 0. The molecule has 0 aliphatic carbocycles. The minimum atomic E-state index is -0.809. The molecule has 0 atom stereocenters. The quantitative estimate of drug-likeness (QED) is 0.178. The van der Waals surface area contributed by atoms with E-state index in [4.69, 9.17) is 18.9 Å². The van der Waals surface area contributed by atoms with Gasteiger partial charge in [0, 0.05) is 18.7 Å². The van der Waals surface area contributed by atoms with Crippen LogP contribution in [0.5, 0.6) is 0 Å². The zero-order chi connectivity index (χ0) is 23.2. The second-order valence-electron chi connectivity index (χ2n) is 8.28. The monoisotopic (exact) mass is 430 g/mol. The van der Waals surface area contributed by atoms with Gasteiger partial charge in [0.15, 0.2) is 6.73 Å².